The van der Waals surface area contributed by atoms with Gasteiger partial charge in [0.1, 0.15) is 11.6 Å². The molecule has 1 saturated heterocycles. The molecule has 7 heteroatoms. The molecule has 0 bridgehead atoms. The molecule has 6 nitrogen and oxygen atoms in total. The number of carbonyl (C=O) groups excluding carboxylic acids is 2. The van der Waals surface area contributed by atoms with Gasteiger partial charge < -0.3 is 14.7 Å². The van der Waals surface area contributed by atoms with Crippen molar-refractivity contribution < 1.29 is 18.5 Å². The van der Waals surface area contributed by atoms with Crippen molar-refractivity contribution in [3.05, 3.63) is 47.5 Å². The van der Waals surface area contributed by atoms with Crippen LogP contribution in [0.1, 0.15) is 24.2 Å². The quantitative estimate of drug-likeness (QED) is 0.924. The van der Waals surface area contributed by atoms with Gasteiger partial charge in [0.05, 0.1) is 6.42 Å². The number of piperidine rings is 1. The Balaban J connectivity index is 1.49. The third-order valence-electron chi connectivity index (χ3n) is 4.34. The number of halogens is 1. The summed E-state index contributed by atoms with van der Waals surface area (Å²) in [5.74, 6) is 0.390. The number of hydrogen-bond donors (Lipinski definition) is 1. The molecule has 25 heavy (non-hydrogen) atoms. The maximum absolute atomic E-state index is 13.2. The van der Waals surface area contributed by atoms with Crippen LogP contribution in [0.2, 0.25) is 0 Å². The van der Waals surface area contributed by atoms with Crippen molar-refractivity contribution >= 4 is 17.6 Å². The van der Waals surface area contributed by atoms with Crippen LogP contribution in [-0.4, -0.2) is 35.0 Å². The van der Waals surface area contributed by atoms with Crippen LogP contribution in [0.5, 0.6) is 0 Å². The standard InChI is InChI=1S/C18H20FN3O3/c1-12-9-16(21-25-12)20-18(24)14-5-7-22(8-6-14)17(23)11-13-3-2-4-15(19)10-13/h2-4,9-10,14H,5-8,11H2,1H3,(H,20,21,24). The van der Waals surface area contributed by atoms with Crippen LogP contribution >= 0.6 is 0 Å². The fourth-order valence-electron chi connectivity index (χ4n) is 2.98. The minimum Gasteiger partial charge on any atom is -0.360 e. The summed E-state index contributed by atoms with van der Waals surface area (Å²) in [4.78, 5) is 26.3. The Bertz CT molecular complexity index is 766. The van der Waals surface area contributed by atoms with Gasteiger partial charge in [-0.1, -0.05) is 17.3 Å². The number of likely N-dealkylation sites (tertiary alicyclic amines) is 1. The van der Waals surface area contributed by atoms with E-state index < -0.39 is 0 Å². The SMILES string of the molecule is Cc1cc(NC(=O)C2CCN(C(=O)Cc3cccc(F)c3)CC2)no1. The normalized spacial score (nSPS) is 15.2. The van der Waals surface area contributed by atoms with Crippen molar-refractivity contribution in [2.45, 2.75) is 26.2 Å². The van der Waals surface area contributed by atoms with E-state index in [0.29, 0.717) is 43.1 Å². The fourth-order valence-corrected chi connectivity index (χ4v) is 2.98. The topological polar surface area (TPSA) is 75.4 Å². The van der Waals surface area contributed by atoms with Gasteiger partial charge in [-0.2, -0.15) is 0 Å². The van der Waals surface area contributed by atoms with Crippen LogP contribution < -0.4 is 5.32 Å². The number of nitrogens with one attached hydrogen (secondary N) is 1. The summed E-state index contributed by atoms with van der Waals surface area (Å²) in [6.45, 7) is 2.79. The number of rotatable bonds is 4. The monoisotopic (exact) mass is 345 g/mol. The highest BCUT2D eigenvalue weighted by Gasteiger charge is 2.27. The summed E-state index contributed by atoms with van der Waals surface area (Å²) in [5.41, 5.74) is 0.659. The highest BCUT2D eigenvalue weighted by atomic mass is 19.1. The minimum atomic E-state index is -0.344. The third kappa shape index (κ3) is 4.43. The molecule has 1 aliphatic rings. The molecular weight excluding hydrogens is 325 g/mol. The number of hydrogen-bond acceptors (Lipinski definition) is 4. The lowest BCUT2D eigenvalue weighted by molar-refractivity contribution is -0.133. The van der Waals surface area contributed by atoms with E-state index >= 15 is 0 Å². The summed E-state index contributed by atoms with van der Waals surface area (Å²) in [6, 6.07) is 7.73. The fraction of sp³-hybridized carbons (Fsp3) is 0.389. The molecule has 3 rings (SSSR count). The number of carbonyl (C=O) groups is 2. The highest BCUT2D eigenvalue weighted by Crippen LogP contribution is 2.20. The Morgan fingerprint density at radius 1 is 1.32 bits per heavy atom. The van der Waals surface area contributed by atoms with Crippen LogP contribution in [0.3, 0.4) is 0 Å². The molecule has 0 saturated carbocycles. The lowest BCUT2D eigenvalue weighted by Gasteiger charge is -2.31. The smallest absolute Gasteiger partial charge is 0.228 e. The maximum Gasteiger partial charge on any atom is 0.228 e. The van der Waals surface area contributed by atoms with E-state index in [1.807, 2.05) is 0 Å². The maximum atomic E-state index is 13.2. The van der Waals surface area contributed by atoms with Crippen molar-refractivity contribution in [2.75, 3.05) is 18.4 Å². The van der Waals surface area contributed by atoms with E-state index in [9.17, 15) is 14.0 Å². The van der Waals surface area contributed by atoms with E-state index in [2.05, 4.69) is 10.5 Å². The van der Waals surface area contributed by atoms with E-state index in [1.54, 1.807) is 30.0 Å². The molecule has 2 aromatic rings. The summed E-state index contributed by atoms with van der Waals surface area (Å²) in [7, 11) is 0. The highest BCUT2D eigenvalue weighted by molar-refractivity contribution is 5.91. The lowest BCUT2D eigenvalue weighted by Crippen LogP contribution is -2.42. The number of anilines is 1. The second-order valence-electron chi connectivity index (χ2n) is 6.27. The predicted octanol–water partition coefficient (Wildman–Crippen LogP) is 2.54. The first-order valence-corrected chi connectivity index (χ1v) is 8.27. The van der Waals surface area contributed by atoms with E-state index in [0.717, 1.165) is 0 Å². The van der Waals surface area contributed by atoms with Crippen LogP contribution in [0.15, 0.2) is 34.9 Å². The lowest BCUT2D eigenvalue weighted by atomic mass is 9.95. The molecule has 1 aromatic carbocycles. The molecule has 1 N–H and O–H groups in total. The Morgan fingerprint density at radius 3 is 2.72 bits per heavy atom. The molecule has 0 atom stereocenters. The summed E-state index contributed by atoms with van der Waals surface area (Å²) < 4.78 is 18.1. The molecule has 0 aliphatic carbocycles. The van der Waals surface area contributed by atoms with Crippen LogP contribution in [0.25, 0.3) is 0 Å². The molecule has 2 amide bonds. The Labute approximate surface area is 145 Å². The molecule has 132 valence electrons. The predicted molar refractivity (Wildman–Crippen MR) is 89.3 cm³/mol. The summed E-state index contributed by atoms with van der Waals surface area (Å²) in [6.07, 6.45) is 1.36. The van der Waals surface area contributed by atoms with E-state index in [-0.39, 0.29) is 30.0 Å². The first kappa shape index (κ1) is 17.1. The second kappa shape index (κ2) is 7.46. The molecule has 0 radical (unpaired) electrons. The van der Waals surface area contributed by atoms with Gasteiger partial charge in [-0.05, 0) is 37.5 Å². The average Bonchev–Trinajstić information content (AvgIpc) is 3.00. The Hall–Kier alpha value is -2.70. The van der Waals surface area contributed by atoms with Crippen molar-refractivity contribution in [3.63, 3.8) is 0 Å². The third-order valence-corrected chi connectivity index (χ3v) is 4.34. The molecule has 2 heterocycles. The average molecular weight is 345 g/mol. The number of nitrogens with zero attached hydrogens (tertiary/aromatic N) is 2. The van der Waals surface area contributed by atoms with Crippen molar-refractivity contribution in [1.29, 1.82) is 0 Å². The molecule has 0 unspecified atom stereocenters. The van der Waals surface area contributed by atoms with Gasteiger partial charge in [-0.15, -0.1) is 0 Å². The van der Waals surface area contributed by atoms with Gasteiger partial charge in [-0.25, -0.2) is 4.39 Å². The zero-order valence-electron chi connectivity index (χ0n) is 14.0. The molecule has 1 aliphatic heterocycles. The number of benzene rings is 1. The first-order chi connectivity index (χ1) is 12.0. The molecule has 1 aromatic heterocycles. The Kier molecular flexibility index (Phi) is 5.11. The van der Waals surface area contributed by atoms with E-state index in [1.165, 1.54) is 12.1 Å². The zero-order valence-corrected chi connectivity index (χ0v) is 14.0. The zero-order chi connectivity index (χ0) is 17.8. The van der Waals surface area contributed by atoms with Gasteiger partial charge in [0.2, 0.25) is 11.8 Å². The van der Waals surface area contributed by atoms with Crippen LogP contribution in [0, 0.1) is 18.7 Å². The van der Waals surface area contributed by atoms with Gasteiger partial charge in [0, 0.05) is 25.1 Å². The summed E-state index contributed by atoms with van der Waals surface area (Å²) >= 11 is 0. The minimum absolute atomic E-state index is 0.0448. The first-order valence-electron chi connectivity index (χ1n) is 8.27. The molecule has 0 spiro atoms. The van der Waals surface area contributed by atoms with E-state index in [4.69, 9.17) is 4.52 Å². The molecular formula is C18H20FN3O3. The van der Waals surface area contributed by atoms with Crippen LogP contribution in [0.4, 0.5) is 10.2 Å². The van der Waals surface area contributed by atoms with Crippen molar-refractivity contribution in [3.8, 4) is 0 Å². The van der Waals surface area contributed by atoms with Gasteiger partial charge in [0.15, 0.2) is 5.82 Å². The number of aryl methyl sites for hydroxylation is 1. The van der Waals surface area contributed by atoms with Crippen LogP contribution in [-0.2, 0) is 16.0 Å². The van der Waals surface area contributed by atoms with Gasteiger partial charge in [0.25, 0.3) is 0 Å². The number of amides is 2. The molecule has 1 fully saturated rings. The summed E-state index contributed by atoms with van der Waals surface area (Å²) in [5, 5.41) is 6.48. The second-order valence-corrected chi connectivity index (χ2v) is 6.27. The van der Waals surface area contributed by atoms with Gasteiger partial charge in [-0.3, -0.25) is 9.59 Å². The Morgan fingerprint density at radius 2 is 2.08 bits per heavy atom. The largest absolute Gasteiger partial charge is 0.360 e. The van der Waals surface area contributed by atoms with Crippen molar-refractivity contribution in [2.24, 2.45) is 5.92 Å². The van der Waals surface area contributed by atoms with Gasteiger partial charge >= 0.3 is 0 Å². The number of aromatic nitrogens is 1. The van der Waals surface area contributed by atoms with Crippen molar-refractivity contribution in [1.82, 2.24) is 10.1 Å².